The van der Waals surface area contributed by atoms with Crippen molar-refractivity contribution in [2.45, 2.75) is 13.0 Å². The van der Waals surface area contributed by atoms with Crippen LogP contribution in [0, 0.1) is 5.82 Å². The molecule has 0 aliphatic carbocycles. The molecule has 7 nitrogen and oxygen atoms in total. The Kier molecular flexibility index (Phi) is 5.32. The van der Waals surface area contributed by atoms with Gasteiger partial charge in [-0.3, -0.25) is 9.97 Å². The van der Waals surface area contributed by atoms with Crippen LogP contribution in [0.5, 0.6) is 11.5 Å². The van der Waals surface area contributed by atoms with Gasteiger partial charge in [-0.25, -0.2) is 9.18 Å². The van der Waals surface area contributed by atoms with Crippen LogP contribution in [-0.4, -0.2) is 34.1 Å². The number of rotatable bonds is 5. The summed E-state index contributed by atoms with van der Waals surface area (Å²) in [5.74, 6) is 0.0807. The highest BCUT2D eigenvalue weighted by Crippen LogP contribution is 2.39. The van der Waals surface area contributed by atoms with E-state index in [0.29, 0.717) is 31.1 Å². The monoisotopic (exact) mass is 450 g/mol. The van der Waals surface area contributed by atoms with E-state index >= 15 is 0 Å². The standard InChI is InChI=1S/C23H19FN4O3S/c24-16-10-15(25)3-5-19(16)31-20-6-7-26-18-11-21(32-22(18)20)17-4-2-14(12-27-17)13-28-8-1-9-30-23(28)29/h2-7,10-12H,1,8-9,13,25H2. The van der Waals surface area contributed by atoms with Crippen LogP contribution in [-0.2, 0) is 11.3 Å². The molecular weight excluding hydrogens is 431 g/mol. The van der Waals surface area contributed by atoms with Gasteiger partial charge in [-0.1, -0.05) is 6.07 Å². The van der Waals surface area contributed by atoms with Crippen molar-refractivity contribution in [3.05, 3.63) is 66.2 Å². The van der Waals surface area contributed by atoms with E-state index in [2.05, 4.69) is 9.97 Å². The number of nitrogen functional groups attached to an aromatic ring is 1. The van der Waals surface area contributed by atoms with Gasteiger partial charge in [-0.2, -0.15) is 0 Å². The third kappa shape index (κ3) is 4.06. The number of hydrogen-bond acceptors (Lipinski definition) is 7. The van der Waals surface area contributed by atoms with Crippen molar-refractivity contribution in [1.82, 2.24) is 14.9 Å². The number of fused-ring (bicyclic) bond motifs is 1. The van der Waals surface area contributed by atoms with Gasteiger partial charge >= 0.3 is 6.09 Å². The highest BCUT2D eigenvalue weighted by Gasteiger charge is 2.20. The molecule has 0 unspecified atom stereocenters. The van der Waals surface area contributed by atoms with Crippen molar-refractivity contribution >= 4 is 33.3 Å². The number of carbonyl (C=O) groups is 1. The Morgan fingerprint density at radius 1 is 1.16 bits per heavy atom. The summed E-state index contributed by atoms with van der Waals surface area (Å²) in [6, 6.07) is 11.8. The highest BCUT2D eigenvalue weighted by molar-refractivity contribution is 7.22. The average Bonchev–Trinajstić information content (AvgIpc) is 3.23. The van der Waals surface area contributed by atoms with E-state index in [1.54, 1.807) is 29.4 Å². The van der Waals surface area contributed by atoms with Gasteiger partial charge in [0.1, 0.15) is 5.75 Å². The molecular formula is C23H19FN4O3S. The van der Waals surface area contributed by atoms with E-state index in [9.17, 15) is 9.18 Å². The van der Waals surface area contributed by atoms with Gasteiger partial charge in [0.15, 0.2) is 11.6 Å². The van der Waals surface area contributed by atoms with Gasteiger partial charge in [0, 0.05) is 36.8 Å². The molecule has 4 heterocycles. The fourth-order valence-corrected chi connectivity index (χ4v) is 4.51. The molecule has 2 N–H and O–H groups in total. The molecule has 9 heteroatoms. The number of cyclic esters (lactones) is 1. The van der Waals surface area contributed by atoms with Gasteiger partial charge in [-0.15, -0.1) is 11.3 Å². The normalized spacial score (nSPS) is 13.9. The van der Waals surface area contributed by atoms with Crippen LogP contribution in [0.4, 0.5) is 14.9 Å². The Balaban J connectivity index is 1.39. The lowest BCUT2D eigenvalue weighted by Crippen LogP contribution is -2.37. The fourth-order valence-electron chi connectivity index (χ4n) is 3.46. The van der Waals surface area contributed by atoms with E-state index in [0.717, 1.165) is 32.8 Å². The summed E-state index contributed by atoms with van der Waals surface area (Å²) in [6.45, 7) is 1.62. The number of benzene rings is 1. The molecule has 1 amide bonds. The molecule has 1 fully saturated rings. The zero-order valence-corrected chi connectivity index (χ0v) is 17.8. The number of anilines is 1. The second kappa shape index (κ2) is 8.43. The number of ether oxygens (including phenoxy) is 2. The van der Waals surface area contributed by atoms with Gasteiger partial charge in [-0.05, 0) is 36.2 Å². The van der Waals surface area contributed by atoms with Crippen LogP contribution in [0.2, 0.25) is 0 Å². The van der Waals surface area contributed by atoms with Crippen LogP contribution in [0.15, 0.2) is 54.9 Å². The van der Waals surface area contributed by atoms with Gasteiger partial charge < -0.3 is 20.1 Å². The minimum atomic E-state index is -0.526. The molecule has 0 atom stereocenters. The van der Waals surface area contributed by atoms with Crippen molar-refractivity contribution in [1.29, 1.82) is 0 Å². The third-order valence-corrected chi connectivity index (χ3v) is 6.22. The van der Waals surface area contributed by atoms with Crippen molar-refractivity contribution in [3.8, 4) is 22.1 Å². The van der Waals surface area contributed by atoms with Crippen molar-refractivity contribution in [3.63, 3.8) is 0 Å². The smallest absolute Gasteiger partial charge is 0.410 e. The number of amides is 1. The number of thiophene rings is 1. The molecule has 0 spiro atoms. The first kappa shape index (κ1) is 20.2. The fraction of sp³-hybridized carbons (Fsp3) is 0.174. The van der Waals surface area contributed by atoms with Gasteiger partial charge in [0.25, 0.3) is 0 Å². The second-order valence-electron chi connectivity index (χ2n) is 7.37. The van der Waals surface area contributed by atoms with Crippen molar-refractivity contribution in [2.24, 2.45) is 0 Å². The average molecular weight is 450 g/mol. The highest BCUT2D eigenvalue weighted by atomic mass is 32.1. The molecule has 0 saturated carbocycles. The molecule has 1 aliphatic heterocycles. The lowest BCUT2D eigenvalue weighted by Gasteiger charge is -2.26. The first-order chi connectivity index (χ1) is 15.6. The zero-order valence-electron chi connectivity index (χ0n) is 17.0. The number of nitrogens with two attached hydrogens (primary N) is 1. The summed E-state index contributed by atoms with van der Waals surface area (Å²) in [5.41, 5.74) is 8.39. The second-order valence-corrected chi connectivity index (χ2v) is 8.42. The van der Waals surface area contributed by atoms with Gasteiger partial charge in [0.2, 0.25) is 0 Å². The van der Waals surface area contributed by atoms with Crippen LogP contribution < -0.4 is 10.5 Å². The predicted octanol–water partition coefficient (Wildman–Crippen LogP) is 5.21. The predicted molar refractivity (Wildman–Crippen MR) is 120 cm³/mol. The summed E-state index contributed by atoms with van der Waals surface area (Å²) in [7, 11) is 0. The summed E-state index contributed by atoms with van der Waals surface area (Å²) in [5, 5.41) is 0. The summed E-state index contributed by atoms with van der Waals surface area (Å²) in [4.78, 5) is 23.4. The minimum absolute atomic E-state index is 0.0976. The topological polar surface area (TPSA) is 90.6 Å². The third-order valence-electron chi connectivity index (χ3n) is 5.06. The maximum absolute atomic E-state index is 14.2. The van der Waals surface area contributed by atoms with Crippen LogP contribution >= 0.6 is 11.3 Å². The van der Waals surface area contributed by atoms with Crippen LogP contribution in [0.1, 0.15) is 12.0 Å². The number of halogens is 1. The van der Waals surface area contributed by atoms with E-state index < -0.39 is 5.82 Å². The van der Waals surface area contributed by atoms with E-state index in [-0.39, 0.29) is 11.8 Å². The van der Waals surface area contributed by atoms with Crippen LogP contribution in [0.3, 0.4) is 0 Å². The Bertz CT molecular complexity index is 1290. The van der Waals surface area contributed by atoms with E-state index in [1.807, 2.05) is 18.2 Å². The Morgan fingerprint density at radius 2 is 2.06 bits per heavy atom. The Labute approximate surface area is 187 Å². The number of aromatic nitrogens is 2. The largest absolute Gasteiger partial charge is 0.453 e. The molecule has 1 saturated heterocycles. The number of carbonyl (C=O) groups excluding carboxylic acids is 1. The Morgan fingerprint density at radius 3 is 2.84 bits per heavy atom. The Hall–Kier alpha value is -3.72. The SMILES string of the molecule is Nc1ccc(Oc2ccnc3cc(-c4ccc(CN5CCCOC5=O)cn4)sc23)c(F)c1. The van der Waals surface area contributed by atoms with Crippen molar-refractivity contribution in [2.75, 3.05) is 18.9 Å². The number of hydrogen-bond donors (Lipinski definition) is 1. The van der Waals surface area contributed by atoms with E-state index in [1.165, 1.54) is 23.5 Å². The molecule has 4 aromatic rings. The molecule has 5 rings (SSSR count). The van der Waals surface area contributed by atoms with E-state index in [4.69, 9.17) is 15.2 Å². The van der Waals surface area contributed by atoms with Crippen molar-refractivity contribution < 1.29 is 18.7 Å². The zero-order chi connectivity index (χ0) is 22.1. The summed E-state index contributed by atoms with van der Waals surface area (Å²) < 4.78 is 25.9. The maximum atomic E-state index is 14.2. The molecule has 1 aliphatic rings. The maximum Gasteiger partial charge on any atom is 0.410 e. The summed E-state index contributed by atoms with van der Waals surface area (Å²) >= 11 is 1.47. The molecule has 32 heavy (non-hydrogen) atoms. The number of pyridine rings is 2. The lowest BCUT2D eigenvalue weighted by atomic mass is 10.2. The summed E-state index contributed by atoms with van der Waals surface area (Å²) in [6.07, 6.45) is 3.92. The first-order valence-electron chi connectivity index (χ1n) is 10.1. The molecule has 0 radical (unpaired) electrons. The van der Waals surface area contributed by atoms with Crippen LogP contribution in [0.25, 0.3) is 20.8 Å². The quantitative estimate of drug-likeness (QED) is 0.420. The minimum Gasteiger partial charge on any atom is -0.453 e. The molecule has 1 aromatic carbocycles. The molecule has 0 bridgehead atoms. The number of nitrogens with zero attached hydrogens (tertiary/aromatic N) is 3. The lowest BCUT2D eigenvalue weighted by molar-refractivity contribution is 0.0700. The first-order valence-corrected chi connectivity index (χ1v) is 10.9. The molecule has 3 aromatic heterocycles. The van der Waals surface area contributed by atoms with Gasteiger partial charge in [0.05, 0.1) is 33.9 Å². The molecule has 162 valence electrons.